The number of β-amino-alcohol motifs (C(OH)–C–C–N with tert-alkyl or cyclic N) is 1. The number of carbonyl (C=O) groups is 1. The number of anilines is 2. The van der Waals surface area contributed by atoms with Crippen molar-refractivity contribution < 1.29 is 23.1 Å². The minimum absolute atomic E-state index is 0.0278. The van der Waals surface area contributed by atoms with E-state index in [0.29, 0.717) is 5.95 Å². The lowest BCUT2D eigenvalue weighted by Crippen LogP contribution is -2.41. The number of hydrogen-bond acceptors (Lipinski definition) is 10. The molecule has 3 rings (SSSR count). The number of aliphatic hydroxyl groups excluding tert-OH is 1. The zero-order valence-electron chi connectivity index (χ0n) is 17.8. The summed E-state index contributed by atoms with van der Waals surface area (Å²) in [5, 5.41) is 10.1. The summed E-state index contributed by atoms with van der Waals surface area (Å²) in [7, 11) is -0.564. The van der Waals surface area contributed by atoms with Crippen molar-refractivity contribution in [3.05, 3.63) is 35.2 Å². The van der Waals surface area contributed by atoms with Crippen LogP contribution < -0.4 is 10.6 Å². The first-order valence-corrected chi connectivity index (χ1v) is 11.0. The highest BCUT2D eigenvalue weighted by molar-refractivity contribution is 7.89. The number of rotatable bonds is 6. The Hall–Kier alpha value is -2.83. The molecule has 1 aromatic carbocycles. The molecule has 0 aliphatic carbocycles. The van der Waals surface area contributed by atoms with E-state index in [9.17, 15) is 18.3 Å². The Labute approximate surface area is 180 Å². The standard InChI is InChI=1S/C19H26N6O5S/c1-11-5-6-14(7-12(11)2)31(28,29)25-9-13(26)8-15(25)17(27)30-10-16-21-18(20)23-19(22-16)24(3)4/h5-7,13,15,26H,8-10H2,1-4H3,(H2,20,21,22,23)/t13-,15+/m1/s1. The third-order valence-corrected chi connectivity index (χ3v) is 6.89. The molecule has 31 heavy (non-hydrogen) atoms. The van der Waals surface area contributed by atoms with Crippen molar-refractivity contribution in [3.63, 3.8) is 0 Å². The van der Waals surface area contributed by atoms with Gasteiger partial charge >= 0.3 is 5.97 Å². The zero-order chi connectivity index (χ0) is 22.9. The van der Waals surface area contributed by atoms with Crippen LogP contribution in [0.3, 0.4) is 0 Å². The molecule has 1 aromatic heterocycles. The molecular weight excluding hydrogens is 424 g/mol. The summed E-state index contributed by atoms with van der Waals surface area (Å²) in [6.07, 6.45) is -1.04. The minimum Gasteiger partial charge on any atom is -0.456 e. The lowest BCUT2D eigenvalue weighted by Gasteiger charge is -2.22. The highest BCUT2D eigenvalue weighted by atomic mass is 32.2. The van der Waals surface area contributed by atoms with Crippen LogP contribution in [0.1, 0.15) is 23.4 Å². The van der Waals surface area contributed by atoms with E-state index in [4.69, 9.17) is 10.5 Å². The van der Waals surface area contributed by atoms with Gasteiger partial charge in [0.25, 0.3) is 0 Å². The molecule has 2 aromatic rings. The molecule has 1 saturated heterocycles. The maximum atomic E-state index is 13.1. The lowest BCUT2D eigenvalue weighted by atomic mass is 10.1. The molecule has 0 amide bonds. The normalized spacial score (nSPS) is 19.4. The topological polar surface area (TPSA) is 152 Å². The van der Waals surface area contributed by atoms with Crippen LogP contribution in [0.25, 0.3) is 0 Å². The van der Waals surface area contributed by atoms with E-state index in [1.54, 1.807) is 38.1 Å². The van der Waals surface area contributed by atoms with Gasteiger partial charge in [0.15, 0.2) is 12.4 Å². The van der Waals surface area contributed by atoms with E-state index in [1.165, 1.54) is 6.07 Å². The maximum Gasteiger partial charge on any atom is 0.325 e. The number of carbonyl (C=O) groups excluding carboxylic acids is 1. The Morgan fingerprint density at radius 3 is 2.61 bits per heavy atom. The minimum atomic E-state index is -4.01. The van der Waals surface area contributed by atoms with Gasteiger partial charge in [-0.25, -0.2) is 8.42 Å². The second-order valence-electron chi connectivity index (χ2n) is 7.64. The largest absolute Gasteiger partial charge is 0.456 e. The van der Waals surface area contributed by atoms with Gasteiger partial charge < -0.3 is 20.5 Å². The maximum absolute atomic E-state index is 13.1. The lowest BCUT2D eigenvalue weighted by molar-refractivity contribution is -0.149. The van der Waals surface area contributed by atoms with Crippen molar-refractivity contribution in [2.45, 2.75) is 43.9 Å². The number of esters is 1. The molecule has 1 aliphatic heterocycles. The van der Waals surface area contributed by atoms with E-state index in [0.717, 1.165) is 15.4 Å². The molecule has 12 heteroatoms. The summed E-state index contributed by atoms with van der Waals surface area (Å²) in [5.41, 5.74) is 7.42. The third kappa shape index (κ3) is 4.92. The Morgan fingerprint density at radius 2 is 1.97 bits per heavy atom. The predicted octanol–water partition coefficient (Wildman–Crippen LogP) is 0.00394. The Kier molecular flexibility index (Phi) is 6.43. The summed E-state index contributed by atoms with van der Waals surface area (Å²) in [4.78, 5) is 26.4. The van der Waals surface area contributed by atoms with Gasteiger partial charge in [-0.1, -0.05) is 6.07 Å². The summed E-state index contributed by atoms with van der Waals surface area (Å²) < 4.78 is 32.6. The first-order chi connectivity index (χ1) is 14.5. The summed E-state index contributed by atoms with van der Waals surface area (Å²) >= 11 is 0. The van der Waals surface area contributed by atoms with E-state index in [-0.39, 0.29) is 36.2 Å². The van der Waals surface area contributed by atoms with Gasteiger partial charge in [0.05, 0.1) is 11.0 Å². The van der Waals surface area contributed by atoms with E-state index < -0.39 is 28.1 Å². The summed E-state index contributed by atoms with van der Waals surface area (Å²) in [5.74, 6) is -0.394. The number of ether oxygens (including phenoxy) is 1. The van der Waals surface area contributed by atoms with Crippen molar-refractivity contribution in [2.24, 2.45) is 0 Å². The number of nitrogens with zero attached hydrogens (tertiary/aromatic N) is 5. The number of nitrogen functional groups attached to an aromatic ring is 1. The fourth-order valence-electron chi connectivity index (χ4n) is 3.20. The molecule has 1 fully saturated rings. The van der Waals surface area contributed by atoms with Crippen LogP contribution in [0.2, 0.25) is 0 Å². The van der Waals surface area contributed by atoms with Gasteiger partial charge in [-0.3, -0.25) is 4.79 Å². The van der Waals surface area contributed by atoms with Crippen molar-refractivity contribution in [1.29, 1.82) is 0 Å². The van der Waals surface area contributed by atoms with Crippen LogP contribution in [0.5, 0.6) is 0 Å². The molecule has 1 aliphatic rings. The van der Waals surface area contributed by atoms with E-state index in [2.05, 4.69) is 15.0 Å². The van der Waals surface area contributed by atoms with Gasteiger partial charge in [0, 0.05) is 27.1 Å². The third-order valence-electron chi connectivity index (χ3n) is 5.02. The van der Waals surface area contributed by atoms with Crippen LogP contribution in [-0.2, 0) is 26.2 Å². The fraction of sp³-hybridized carbons (Fsp3) is 0.474. The van der Waals surface area contributed by atoms with Crippen LogP contribution in [0.15, 0.2) is 23.1 Å². The highest BCUT2D eigenvalue weighted by Crippen LogP contribution is 2.28. The Morgan fingerprint density at radius 1 is 1.26 bits per heavy atom. The van der Waals surface area contributed by atoms with E-state index >= 15 is 0 Å². The van der Waals surface area contributed by atoms with Crippen molar-refractivity contribution >= 4 is 27.9 Å². The highest BCUT2D eigenvalue weighted by Gasteiger charge is 2.44. The SMILES string of the molecule is Cc1ccc(S(=O)(=O)N2C[C@H](O)C[C@H]2C(=O)OCc2nc(N)nc(N(C)C)n2)cc1C. The van der Waals surface area contributed by atoms with Gasteiger partial charge in [-0.2, -0.15) is 19.3 Å². The first kappa shape index (κ1) is 22.8. The molecule has 0 spiro atoms. The Balaban J connectivity index is 1.79. The second kappa shape index (κ2) is 8.73. The second-order valence-corrected chi connectivity index (χ2v) is 9.53. The van der Waals surface area contributed by atoms with Crippen LogP contribution in [-0.4, -0.2) is 71.5 Å². The van der Waals surface area contributed by atoms with Gasteiger partial charge in [-0.05, 0) is 37.1 Å². The number of nitrogens with two attached hydrogens (primary N) is 1. The van der Waals surface area contributed by atoms with E-state index in [1.807, 2.05) is 6.92 Å². The summed E-state index contributed by atoms with van der Waals surface area (Å²) in [6, 6.07) is 3.58. The number of aliphatic hydroxyl groups is 1. The quantitative estimate of drug-likeness (QED) is 0.575. The molecule has 0 bridgehead atoms. The van der Waals surface area contributed by atoms with Gasteiger partial charge in [0.2, 0.25) is 21.9 Å². The number of aryl methyl sites for hydroxylation is 2. The monoisotopic (exact) mass is 450 g/mol. The van der Waals surface area contributed by atoms with Crippen LogP contribution in [0, 0.1) is 13.8 Å². The molecule has 168 valence electrons. The van der Waals surface area contributed by atoms with Crippen LogP contribution >= 0.6 is 0 Å². The van der Waals surface area contributed by atoms with Gasteiger partial charge in [0.1, 0.15) is 6.04 Å². The molecule has 11 nitrogen and oxygen atoms in total. The number of sulfonamides is 1. The predicted molar refractivity (Wildman–Crippen MR) is 113 cm³/mol. The van der Waals surface area contributed by atoms with Crippen molar-refractivity contribution in [1.82, 2.24) is 19.3 Å². The number of benzene rings is 1. The van der Waals surface area contributed by atoms with Crippen molar-refractivity contribution in [2.75, 3.05) is 31.3 Å². The molecule has 0 radical (unpaired) electrons. The molecule has 2 heterocycles. The van der Waals surface area contributed by atoms with Crippen molar-refractivity contribution in [3.8, 4) is 0 Å². The molecule has 3 N–H and O–H groups in total. The van der Waals surface area contributed by atoms with Crippen LogP contribution in [0.4, 0.5) is 11.9 Å². The number of hydrogen-bond donors (Lipinski definition) is 2. The average molecular weight is 451 g/mol. The zero-order valence-corrected chi connectivity index (χ0v) is 18.6. The van der Waals surface area contributed by atoms with Gasteiger partial charge in [-0.15, -0.1) is 0 Å². The molecule has 2 atom stereocenters. The molecule has 0 unspecified atom stereocenters. The Bertz CT molecular complexity index is 1090. The molecular formula is C19H26N6O5S. The smallest absolute Gasteiger partial charge is 0.325 e. The summed E-state index contributed by atoms with van der Waals surface area (Å²) in [6.45, 7) is 3.18. The molecule has 0 saturated carbocycles. The number of aromatic nitrogens is 3. The first-order valence-electron chi connectivity index (χ1n) is 9.60. The average Bonchev–Trinajstić information content (AvgIpc) is 3.10. The fourth-order valence-corrected chi connectivity index (χ4v) is 4.91.